The number of sulfonamides is 1. The number of ether oxygens (including phenoxy) is 2. The molecule has 3 aromatic carbocycles. The lowest BCUT2D eigenvalue weighted by Gasteiger charge is -2.22. The van der Waals surface area contributed by atoms with Gasteiger partial charge >= 0.3 is 0 Å². The van der Waals surface area contributed by atoms with E-state index in [9.17, 15) is 13.2 Å². The highest BCUT2D eigenvalue weighted by Gasteiger charge is 2.26. The summed E-state index contributed by atoms with van der Waals surface area (Å²) in [6, 6.07) is 19.2. The van der Waals surface area contributed by atoms with E-state index in [0.29, 0.717) is 40.8 Å². The summed E-state index contributed by atoms with van der Waals surface area (Å²) in [7, 11) is 3.38. The topological polar surface area (TPSA) is 92.3 Å². The first kappa shape index (κ1) is 30.4. The van der Waals surface area contributed by atoms with Crippen molar-refractivity contribution < 1.29 is 22.7 Å². The third-order valence-corrected chi connectivity index (χ3v) is 9.68. The highest BCUT2D eigenvalue weighted by molar-refractivity contribution is 7.89. The zero-order chi connectivity index (χ0) is 29.6. The Labute approximate surface area is 246 Å². The Hall–Kier alpha value is -3.51. The second kappa shape index (κ2) is 13.4. The van der Waals surface area contributed by atoms with Crippen molar-refractivity contribution in [2.24, 2.45) is 0 Å². The van der Waals surface area contributed by atoms with Gasteiger partial charge in [-0.15, -0.1) is 0 Å². The minimum Gasteiger partial charge on any atom is -0.495 e. The molecule has 0 unspecified atom stereocenters. The van der Waals surface area contributed by atoms with E-state index >= 15 is 0 Å². The van der Waals surface area contributed by atoms with Crippen LogP contribution in [0.1, 0.15) is 29.3 Å². The van der Waals surface area contributed by atoms with E-state index in [0.717, 1.165) is 23.2 Å². The van der Waals surface area contributed by atoms with Gasteiger partial charge < -0.3 is 14.4 Å². The van der Waals surface area contributed by atoms with Crippen molar-refractivity contribution in [3.05, 3.63) is 77.9 Å². The van der Waals surface area contributed by atoms with Gasteiger partial charge in [-0.2, -0.15) is 4.31 Å². The highest BCUT2D eigenvalue weighted by atomic mass is 32.2. The number of carbonyl (C=O) groups is 1. The number of anilines is 1. The Morgan fingerprint density at radius 2 is 1.56 bits per heavy atom. The van der Waals surface area contributed by atoms with Gasteiger partial charge in [0.1, 0.15) is 21.7 Å². The third-order valence-electron chi connectivity index (χ3n) is 6.66. The largest absolute Gasteiger partial charge is 0.495 e. The number of hydrogen-bond acceptors (Lipinski definition) is 8. The van der Waals surface area contributed by atoms with Crippen LogP contribution in [0.25, 0.3) is 10.2 Å². The predicted octanol–water partition coefficient (Wildman–Crippen LogP) is 5.12. The Morgan fingerprint density at radius 3 is 2.17 bits per heavy atom. The third kappa shape index (κ3) is 6.87. The summed E-state index contributed by atoms with van der Waals surface area (Å²) in [5, 5.41) is 0.517. The standard InChI is InChI=1S/C30H36N4O5S2/c1-6-33(21-22-11-8-7-9-12-22)41(36,37)24-15-13-23(14-16-24)29(35)34(20-10-19-32(2)3)30-31-27-25(38-4)17-18-26(39-5)28(27)40-30/h7-9,11-18H,6,10,19-21H2,1-5H3. The molecule has 11 heteroatoms. The van der Waals surface area contributed by atoms with Crippen LogP contribution in [0.2, 0.25) is 0 Å². The van der Waals surface area contributed by atoms with E-state index in [1.165, 1.54) is 27.8 Å². The monoisotopic (exact) mass is 596 g/mol. The number of rotatable bonds is 13. The molecule has 0 aliphatic rings. The lowest BCUT2D eigenvalue weighted by Crippen LogP contribution is -2.33. The van der Waals surface area contributed by atoms with Crippen molar-refractivity contribution in [3.8, 4) is 11.5 Å². The summed E-state index contributed by atoms with van der Waals surface area (Å²) in [6.45, 7) is 3.62. The average Bonchev–Trinajstić information content (AvgIpc) is 3.43. The number of methoxy groups -OCH3 is 2. The van der Waals surface area contributed by atoms with E-state index < -0.39 is 10.0 Å². The van der Waals surface area contributed by atoms with Gasteiger partial charge in [0.2, 0.25) is 10.0 Å². The highest BCUT2D eigenvalue weighted by Crippen LogP contribution is 2.40. The van der Waals surface area contributed by atoms with Gasteiger partial charge in [0, 0.05) is 25.2 Å². The Kier molecular flexibility index (Phi) is 9.98. The first-order chi connectivity index (χ1) is 19.7. The summed E-state index contributed by atoms with van der Waals surface area (Å²) >= 11 is 1.36. The van der Waals surface area contributed by atoms with Crippen molar-refractivity contribution >= 4 is 42.6 Å². The van der Waals surface area contributed by atoms with Gasteiger partial charge in [-0.25, -0.2) is 13.4 Å². The van der Waals surface area contributed by atoms with Gasteiger partial charge in [-0.1, -0.05) is 48.6 Å². The van der Waals surface area contributed by atoms with Crippen molar-refractivity contribution in [1.82, 2.24) is 14.2 Å². The molecule has 0 saturated heterocycles. The SMILES string of the molecule is CCN(Cc1ccccc1)S(=O)(=O)c1ccc(C(=O)N(CCCN(C)C)c2nc3c(OC)ccc(OC)c3s2)cc1. The fraction of sp³-hybridized carbons (Fsp3) is 0.333. The predicted molar refractivity (Wildman–Crippen MR) is 164 cm³/mol. The lowest BCUT2D eigenvalue weighted by molar-refractivity contribution is 0.0986. The lowest BCUT2D eigenvalue weighted by atomic mass is 10.2. The van der Waals surface area contributed by atoms with Gasteiger partial charge in [-0.3, -0.25) is 9.69 Å². The molecule has 0 atom stereocenters. The van der Waals surface area contributed by atoms with Crippen LogP contribution < -0.4 is 14.4 Å². The molecule has 218 valence electrons. The molecule has 0 fully saturated rings. The number of benzene rings is 3. The van der Waals surface area contributed by atoms with Crippen LogP contribution in [0.15, 0.2) is 71.6 Å². The summed E-state index contributed by atoms with van der Waals surface area (Å²) in [5.41, 5.74) is 1.90. The van der Waals surface area contributed by atoms with Crippen LogP contribution in [-0.2, 0) is 16.6 Å². The van der Waals surface area contributed by atoms with Crippen LogP contribution in [0.5, 0.6) is 11.5 Å². The molecule has 0 spiro atoms. The smallest absolute Gasteiger partial charge is 0.260 e. The fourth-order valence-electron chi connectivity index (χ4n) is 4.45. The van der Waals surface area contributed by atoms with Crippen LogP contribution in [0.4, 0.5) is 5.13 Å². The molecule has 9 nitrogen and oxygen atoms in total. The number of hydrogen-bond donors (Lipinski definition) is 0. The van der Waals surface area contributed by atoms with E-state index in [2.05, 4.69) is 4.90 Å². The minimum atomic E-state index is -3.76. The summed E-state index contributed by atoms with van der Waals surface area (Å²) in [6.07, 6.45) is 0.723. The van der Waals surface area contributed by atoms with Gasteiger partial charge in [0.25, 0.3) is 5.91 Å². The number of carbonyl (C=O) groups excluding carboxylic acids is 1. The zero-order valence-electron chi connectivity index (χ0n) is 24.0. The molecule has 1 heterocycles. The Bertz CT molecular complexity index is 1530. The Morgan fingerprint density at radius 1 is 0.902 bits per heavy atom. The van der Waals surface area contributed by atoms with Gasteiger partial charge in [-0.05, 0) is 69.0 Å². The maximum atomic E-state index is 13.9. The molecule has 4 aromatic rings. The number of aromatic nitrogens is 1. The normalized spacial score (nSPS) is 11.8. The van der Waals surface area contributed by atoms with Crippen molar-refractivity contribution in [2.45, 2.75) is 24.8 Å². The van der Waals surface area contributed by atoms with Crippen LogP contribution in [0, 0.1) is 0 Å². The summed E-state index contributed by atoms with van der Waals surface area (Å²) < 4.78 is 40.1. The number of fused-ring (bicyclic) bond motifs is 1. The molecule has 0 aliphatic heterocycles. The van der Waals surface area contributed by atoms with Crippen LogP contribution in [-0.4, -0.2) is 76.5 Å². The summed E-state index contributed by atoms with van der Waals surface area (Å²) in [4.78, 5) is 22.5. The first-order valence-electron chi connectivity index (χ1n) is 13.3. The number of thiazole rings is 1. The van der Waals surface area contributed by atoms with Gasteiger partial charge in [0.15, 0.2) is 5.13 Å². The van der Waals surface area contributed by atoms with Crippen molar-refractivity contribution in [3.63, 3.8) is 0 Å². The van der Waals surface area contributed by atoms with Crippen LogP contribution >= 0.6 is 11.3 Å². The van der Waals surface area contributed by atoms with Crippen LogP contribution in [0.3, 0.4) is 0 Å². The van der Waals surface area contributed by atoms with Gasteiger partial charge in [0.05, 0.1) is 19.1 Å². The molecule has 0 N–H and O–H groups in total. The van der Waals surface area contributed by atoms with E-state index in [1.54, 1.807) is 37.3 Å². The molecule has 0 saturated carbocycles. The fourth-order valence-corrected chi connectivity index (χ4v) is 6.98. The second-order valence-corrected chi connectivity index (χ2v) is 12.6. The van der Waals surface area contributed by atoms with E-state index in [-0.39, 0.29) is 17.3 Å². The number of amides is 1. The number of nitrogens with zero attached hydrogens (tertiary/aromatic N) is 4. The molecule has 1 aromatic heterocycles. The molecule has 41 heavy (non-hydrogen) atoms. The van der Waals surface area contributed by atoms with E-state index in [4.69, 9.17) is 14.5 Å². The summed E-state index contributed by atoms with van der Waals surface area (Å²) in [5.74, 6) is 0.978. The second-order valence-electron chi connectivity index (χ2n) is 9.70. The first-order valence-corrected chi connectivity index (χ1v) is 15.6. The molecule has 4 rings (SSSR count). The molecular weight excluding hydrogens is 560 g/mol. The molecule has 0 aliphatic carbocycles. The molecule has 0 bridgehead atoms. The van der Waals surface area contributed by atoms with E-state index in [1.807, 2.05) is 57.4 Å². The minimum absolute atomic E-state index is 0.139. The molecule has 0 radical (unpaired) electrons. The maximum absolute atomic E-state index is 13.9. The maximum Gasteiger partial charge on any atom is 0.260 e. The van der Waals surface area contributed by atoms with Crippen molar-refractivity contribution in [1.29, 1.82) is 0 Å². The molecule has 1 amide bonds. The quantitative estimate of drug-likeness (QED) is 0.212. The zero-order valence-corrected chi connectivity index (χ0v) is 25.7. The molecular formula is C30H36N4O5S2. The van der Waals surface area contributed by atoms with Crippen molar-refractivity contribution in [2.75, 3.05) is 52.8 Å². The average molecular weight is 597 g/mol. The Balaban J connectivity index is 1.64.